The number of aromatic nitrogens is 1. The monoisotopic (exact) mass is 365 g/mol. The van der Waals surface area contributed by atoms with Gasteiger partial charge in [-0.2, -0.15) is 0 Å². The number of anilines is 1. The van der Waals surface area contributed by atoms with Crippen LogP contribution in [-0.2, 0) is 16.0 Å². The summed E-state index contributed by atoms with van der Waals surface area (Å²) in [5.74, 6) is 0.0444. The van der Waals surface area contributed by atoms with Gasteiger partial charge in [-0.25, -0.2) is 4.98 Å². The molecule has 1 aliphatic rings. The van der Waals surface area contributed by atoms with E-state index in [4.69, 9.17) is 16.3 Å². The molecule has 3 rings (SSSR count). The zero-order valence-corrected chi connectivity index (χ0v) is 14.6. The molecule has 2 aromatic rings. The second kappa shape index (κ2) is 7.19. The van der Waals surface area contributed by atoms with Crippen molar-refractivity contribution in [3.63, 3.8) is 0 Å². The van der Waals surface area contributed by atoms with Crippen LogP contribution < -0.4 is 15.0 Å². The highest BCUT2D eigenvalue weighted by Gasteiger charge is 2.27. The molecule has 0 atom stereocenters. The van der Waals surface area contributed by atoms with Gasteiger partial charge in [-0.3, -0.25) is 14.5 Å². The molecule has 1 aromatic heterocycles. The van der Waals surface area contributed by atoms with Crippen molar-refractivity contribution in [2.75, 3.05) is 24.6 Å². The smallest absolute Gasteiger partial charge is 0.265 e. The summed E-state index contributed by atoms with van der Waals surface area (Å²) in [6.07, 6.45) is 0.662. The van der Waals surface area contributed by atoms with Crippen LogP contribution in [0.4, 0.5) is 5.69 Å². The number of amides is 2. The number of hydrogen-bond donors (Lipinski definition) is 1. The number of thiazole rings is 1. The molecule has 1 N–H and O–H groups in total. The molecular weight excluding hydrogens is 350 g/mol. The number of fused-ring (bicyclic) bond motifs is 1. The van der Waals surface area contributed by atoms with Crippen molar-refractivity contribution in [1.29, 1.82) is 0 Å². The Morgan fingerprint density at radius 2 is 2.33 bits per heavy atom. The highest BCUT2D eigenvalue weighted by Crippen LogP contribution is 2.34. The molecule has 0 bridgehead atoms. The van der Waals surface area contributed by atoms with Crippen LogP contribution in [0.15, 0.2) is 23.6 Å². The normalized spacial score (nSPS) is 13.4. The summed E-state index contributed by atoms with van der Waals surface area (Å²) in [4.78, 5) is 30.0. The number of rotatable bonds is 5. The van der Waals surface area contributed by atoms with Crippen molar-refractivity contribution in [1.82, 2.24) is 10.3 Å². The molecule has 0 spiro atoms. The maximum Gasteiger partial charge on any atom is 0.265 e. The second-order valence-electron chi connectivity index (χ2n) is 5.34. The van der Waals surface area contributed by atoms with Gasteiger partial charge in [-0.15, -0.1) is 11.3 Å². The molecule has 2 amide bonds. The van der Waals surface area contributed by atoms with Crippen molar-refractivity contribution in [2.45, 2.75) is 13.3 Å². The van der Waals surface area contributed by atoms with Gasteiger partial charge >= 0.3 is 0 Å². The Morgan fingerprint density at radius 3 is 3.08 bits per heavy atom. The molecule has 126 valence electrons. The highest BCUT2D eigenvalue weighted by atomic mass is 35.5. The summed E-state index contributed by atoms with van der Waals surface area (Å²) in [6.45, 7) is 2.27. The Kier molecular flexibility index (Phi) is 5.01. The molecule has 0 unspecified atom stereocenters. The van der Waals surface area contributed by atoms with E-state index in [-0.39, 0.29) is 25.0 Å². The highest BCUT2D eigenvalue weighted by molar-refractivity contribution is 7.09. The summed E-state index contributed by atoms with van der Waals surface area (Å²) in [6, 6.07) is 5.00. The number of benzene rings is 1. The number of halogens is 1. The molecule has 0 radical (unpaired) electrons. The molecule has 24 heavy (non-hydrogen) atoms. The largest absolute Gasteiger partial charge is 0.482 e. The van der Waals surface area contributed by atoms with Crippen LogP contribution >= 0.6 is 22.9 Å². The Morgan fingerprint density at radius 1 is 1.50 bits per heavy atom. The van der Waals surface area contributed by atoms with Gasteiger partial charge in [0.15, 0.2) is 6.61 Å². The van der Waals surface area contributed by atoms with E-state index >= 15 is 0 Å². The first-order valence-electron chi connectivity index (χ1n) is 7.43. The van der Waals surface area contributed by atoms with Crippen molar-refractivity contribution in [3.8, 4) is 5.75 Å². The molecular formula is C16H16ClN3O3S. The Hall–Kier alpha value is -2.12. The third kappa shape index (κ3) is 3.85. The number of hydrogen-bond acceptors (Lipinski definition) is 5. The van der Waals surface area contributed by atoms with E-state index in [0.717, 1.165) is 10.7 Å². The number of carbonyl (C=O) groups is 2. The number of nitrogens with one attached hydrogen (secondary N) is 1. The first-order valence-corrected chi connectivity index (χ1v) is 8.69. The van der Waals surface area contributed by atoms with Gasteiger partial charge in [0.05, 0.1) is 16.4 Å². The fourth-order valence-electron chi connectivity index (χ4n) is 2.40. The van der Waals surface area contributed by atoms with Crippen molar-refractivity contribution in [2.24, 2.45) is 0 Å². The molecule has 0 saturated heterocycles. The third-order valence-electron chi connectivity index (χ3n) is 3.54. The third-order valence-corrected chi connectivity index (χ3v) is 4.59. The lowest BCUT2D eigenvalue weighted by Crippen LogP contribution is -2.45. The fraction of sp³-hybridized carbons (Fsp3) is 0.312. The van der Waals surface area contributed by atoms with Gasteiger partial charge < -0.3 is 10.1 Å². The molecule has 0 aliphatic carbocycles. The molecule has 0 fully saturated rings. The topological polar surface area (TPSA) is 71.5 Å². The molecule has 1 aliphatic heterocycles. The molecule has 0 saturated carbocycles. The fourth-order valence-corrected chi connectivity index (χ4v) is 3.21. The quantitative estimate of drug-likeness (QED) is 0.881. The van der Waals surface area contributed by atoms with Gasteiger partial charge in [0.25, 0.3) is 5.91 Å². The maximum absolute atomic E-state index is 12.2. The van der Waals surface area contributed by atoms with E-state index in [0.29, 0.717) is 29.4 Å². The second-order valence-corrected chi connectivity index (χ2v) is 6.84. The van der Waals surface area contributed by atoms with Crippen LogP contribution in [0.1, 0.15) is 10.7 Å². The first kappa shape index (κ1) is 16.7. The lowest BCUT2D eigenvalue weighted by atomic mass is 10.2. The van der Waals surface area contributed by atoms with Crippen LogP contribution in [0.3, 0.4) is 0 Å². The Balaban J connectivity index is 1.59. The van der Waals surface area contributed by atoms with Crippen LogP contribution in [-0.4, -0.2) is 36.5 Å². The minimum atomic E-state index is -0.268. The van der Waals surface area contributed by atoms with Gasteiger partial charge in [-0.05, 0) is 25.1 Å². The molecule has 8 heteroatoms. The summed E-state index contributed by atoms with van der Waals surface area (Å²) in [7, 11) is 0. The average Bonchev–Trinajstić information content (AvgIpc) is 2.96. The van der Waals surface area contributed by atoms with Crippen molar-refractivity contribution < 1.29 is 14.3 Å². The Bertz CT molecular complexity index is 778. The molecule has 1 aromatic carbocycles. The van der Waals surface area contributed by atoms with Crippen LogP contribution in [0.5, 0.6) is 5.75 Å². The number of ether oxygens (including phenoxy) is 1. The summed E-state index contributed by atoms with van der Waals surface area (Å²) < 4.78 is 5.36. The standard InChI is InChI=1S/C16H16ClN3O3S/c1-10-19-12(9-24-10)4-5-18-15(21)7-20-13-6-11(17)2-3-14(13)23-8-16(20)22/h2-3,6,9H,4-5,7-8H2,1H3,(H,18,21). The average molecular weight is 366 g/mol. The zero-order chi connectivity index (χ0) is 17.1. The van der Waals surface area contributed by atoms with E-state index in [1.165, 1.54) is 4.90 Å². The lowest BCUT2D eigenvalue weighted by molar-refractivity contribution is -0.125. The molecule has 6 nitrogen and oxygen atoms in total. The predicted octanol–water partition coefficient (Wildman–Crippen LogP) is 2.19. The van der Waals surface area contributed by atoms with Gasteiger partial charge in [-0.1, -0.05) is 11.6 Å². The molecule has 2 heterocycles. The Labute approximate surface area is 148 Å². The SMILES string of the molecule is Cc1nc(CCNC(=O)CN2C(=O)COc3ccc(Cl)cc32)cs1. The van der Waals surface area contributed by atoms with E-state index in [1.807, 2.05) is 12.3 Å². The minimum absolute atomic E-state index is 0.0639. The van der Waals surface area contributed by atoms with E-state index < -0.39 is 0 Å². The number of aryl methyl sites for hydroxylation is 1. The van der Waals surface area contributed by atoms with E-state index in [2.05, 4.69) is 10.3 Å². The first-order chi connectivity index (χ1) is 11.5. The van der Waals surface area contributed by atoms with Gasteiger partial charge in [0, 0.05) is 23.4 Å². The number of nitrogens with zero attached hydrogens (tertiary/aromatic N) is 2. The van der Waals surface area contributed by atoms with Crippen molar-refractivity contribution >= 4 is 40.4 Å². The minimum Gasteiger partial charge on any atom is -0.482 e. The number of carbonyl (C=O) groups excluding carboxylic acids is 2. The van der Waals surface area contributed by atoms with Crippen LogP contribution in [0.25, 0.3) is 0 Å². The summed E-state index contributed by atoms with van der Waals surface area (Å²) >= 11 is 7.56. The van der Waals surface area contributed by atoms with E-state index in [9.17, 15) is 9.59 Å². The lowest BCUT2D eigenvalue weighted by Gasteiger charge is -2.29. The maximum atomic E-state index is 12.2. The summed E-state index contributed by atoms with van der Waals surface area (Å²) in [5.41, 5.74) is 1.47. The van der Waals surface area contributed by atoms with Gasteiger partial charge in [0.1, 0.15) is 12.3 Å². The summed E-state index contributed by atoms with van der Waals surface area (Å²) in [5, 5.41) is 6.28. The van der Waals surface area contributed by atoms with Crippen LogP contribution in [0, 0.1) is 6.92 Å². The van der Waals surface area contributed by atoms with Crippen LogP contribution in [0.2, 0.25) is 5.02 Å². The van der Waals surface area contributed by atoms with E-state index in [1.54, 1.807) is 29.5 Å². The van der Waals surface area contributed by atoms with Gasteiger partial charge in [0.2, 0.25) is 5.91 Å². The predicted molar refractivity (Wildman–Crippen MR) is 92.9 cm³/mol. The van der Waals surface area contributed by atoms with Crippen molar-refractivity contribution in [3.05, 3.63) is 39.3 Å². The zero-order valence-electron chi connectivity index (χ0n) is 13.0.